The topological polar surface area (TPSA) is 25.8 Å². The van der Waals surface area contributed by atoms with Gasteiger partial charge in [-0.15, -0.1) is 0 Å². The van der Waals surface area contributed by atoms with Gasteiger partial charge in [-0.3, -0.25) is 0 Å². The molecule has 2 aromatic heterocycles. The Morgan fingerprint density at radius 1 is 0.571 bits per heavy atom. The van der Waals surface area contributed by atoms with Crippen LogP contribution in [0.5, 0.6) is 0 Å². The minimum absolute atomic E-state index is 0.0218. The quantitative estimate of drug-likeness (QED) is 0.528. The van der Waals surface area contributed by atoms with Gasteiger partial charge in [-0.1, -0.05) is 0 Å². The van der Waals surface area contributed by atoms with E-state index in [1.807, 2.05) is 24.5 Å². The van der Waals surface area contributed by atoms with Crippen LogP contribution in [0, 0.1) is 0 Å². The van der Waals surface area contributed by atoms with Crippen LogP contribution < -0.4 is 8.85 Å². The summed E-state index contributed by atoms with van der Waals surface area (Å²) in [6, 6.07) is 21.1. The van der Waals surface area contributed by atoms with E-state index >= 15 is 0 Å². The Labute approximate surface area is 129 Å². The van der Waals surface area contributed by atoms with Crippen LogP contribution in [0.4, 0.5) is 0 Å². The predicted molar refractivity (Wildman–Crippen MR) is 88.5 cm³/mol. The first kappa shape index (κ1) is 12.5. The normalized spacial score (nSPS) is 10.7. The van der Waals surface area contributed by atoms with Gasteiger partial charge in [0.15, 0.2) is 0 Å². The molecule has 0 atom stereocenters. The molecule has 21 heavy (non-hydrogen) atoms. The molecule has 4 aromatic rings. The first-order chi connectivity index (χ1) is 10.4. The molecule has 2 heterocycles. The van der Waals surface area contributed by atoms with Crippen molar-refractivity contribution in [1.82, 2.24) is 9.97 Å². The van der Waals surface area contributed by atoms with Crippen LogP contribution in [0.2, 0.25) is 0 Å². The summed E-state index contributed by atoms with van der Waals surface area (Å²) in [5.74, 6) is 0. The number of nitrogens with zero attached hydrogens (tertiary/aromatic N) is 2. The Morgan fingerprint density at radius 2 is 1.05 bits per heavy atom. The summed E-state index contributed by atoms with van der Waals surface area (Å²) in [5.41, 5.74) is 2.23. The zero-order valence-corrected chi connectivity index (χ0v) is 12.6. The van der Waals surface area contributed by atoms with Gasteiger partial charge in [0.1, 0.15) is 0 Å². The second kappa shape index (κ2) is 5.29. The monoisotopic (exact) mass is 283 g/mol. The molecule has 0 saturated heterocycles. The van der Waals surface area contributed by atoms with E-state index in [0.717, 1.165) is 11.0 Å². The van der Waals surface area contributed by atoms with Crippen molar-refractivity contribution < 1.29 is 0 Å². The van der Waals surface area contributed by atoms with E-state index in [1.165, 1.54) is 19.6 Å². The van der Waals surface area contributed by atoms with Crippen LogP contribution in [0.3, 0.4) is 0 Å². The Kier molecular flexibility index (Phi) is 3.16. The molecule has 2 nitrogen and oxygen atoms in total. The first-order valence-corrected chi connectivity index (χ1v) is 8.09. The molecule has 0 radical (unpaired) electrons. The molecule has 0 N–H and O–H groups in total. The van der Waals surface area contributed by atoms with Crippen molar-refractivity contribution in [3.63, 3.8) is 0 Å². The molecule has 2 aromatic carbocycles. The van der Waals surface area contributed by atoms with Crippen LogP contribution in [-0.2, 0) is 0 Å². The summed E-state index contributed by atoms with van der Waals surface area (Å²) in [6.45, 7) is 0. The fourth-order valence-corrected chi connectivity index (χ4v) is 4.16. The molecular formula is C18H12AlN2+. The molecule has 0 aliphatic heterocycles. The average molecular weight is 283 g/mol. The van der Waals surface area contributed by atoms with Crippen LogP contribution in [0.15, 0.2) is 73.1 Å². The molecule has 0 aliphatic carbocycles. The summed E-state index contributed by atoms with van der Waals surface area (Å²) in [6.07, 6.45) is 3.74. The fraction of sp³-hybridized carbons (Fsp3) is 0. The molecule has 0 spiro atoms. The molecular weight excluding hydrogens is 271 g/mol. The van der Waals surface area contributed by atoms with E-state index < -0.39 is 0 Å². The van der Waals surface area contributed by atoms with Crippen molar-refractivity contribution in [2.75, 3.05) is 0 Å². The third-order valence-electron chi connectivity index (χ3n) is 3.64. The maximum absolute atomic E-state index is 4.56. The SMILES string of the molecule is c1cnc2[c]([Al+][c]3cccc4cccnc34)cccc2c1. The Bertz CT molecular complexity index is 846. The van der Waals surface area contributed by atoms with E-state index in [4.69, 9.17) is 0 Å². The zero-order chi connectivity index (χ0) is 14.1. The van der Waals surface area contributed by atoms with Crippen molar-refractivity contribution in [1.29, 1.82) is 0 Å². The van der Waals surface area contributed by atoms with E-state index in [1.54, 1.807) is 0 Å². The van der Waals surface area contributed by atoms with E-state index in [9.17, 15) is 0 Å². The molecule has 0 saturated carbocycles. The number of hydrogen-bond acceptors (Lipinski definition) is 2. The molecule has 0 bridgehead atoms. The minimum atomic E-state index is -0.0218. The molecule has 96 valence electrons. The Morgan fingerprint density at radius 3 is 1.57 bits per heavy atom. The third-order valence-corrected chi connectivity index (χ3v) is 5.19. The Hall–Kier alpha value is -2.21. The number of para-hydroxylation sites is 2. The summed E-state index contributed by atoms with van der Waals surface area (Å²) in [4.78, 5) is 9.12. The number of aromatic nitrogens is 2. The Balaban J connectivity index is 1.87. The second-order valence-electron chi connectivity index (χ2n) is 4.99. The van der Waals surface area contributed by atoms with Gasteiger partial charge in [0.05, 0.1) is 0 Å². The summed E-state index contributed by atoms with van der Waals surface area (Å²) >= 11 is -0.0218. The van der Waals surface area contributed by atoms with E-state index in [0.29, 0.717) is 0 Å². The standard InChI is InChI=1S/2C9H6N.Al/c2*1-2-6-9-8(4-1)5-3-7-10-9;/h2*1-5,7H;/q;;+1. The number of pyridine rings is 2. The zero-order valence-electron chi connectivity index (χ0n) is 11.4. The molecule has 4 rings (SSSR count). The van der Waals surface area contributed by atoms with Gasteiger partial charge in [0.25, 0.3) is 0 Å². The van der Waals surface area contributed by atoms with Gasteiger partial charge in [0.2, 0.25) is 0 Å². The average Bonchev–Trinajstić information content (AvgIpc) is 2.56. The van der Waals surface area contributed by atoms with Crippen LogP contribution in [0.25, 0.3) is 21.8 Å². The van der Waals surface area contributed by atoms with Crippen molar-refractivity contribution in [3.05, 3.63) is 73.1 Å². The van der Waals surface area contributed by atoms with Gasteiger partial charge in [-0.05, 0) is 0 Å². The molecule has 3 heteroatoms. The van der Waals surface area contributed by atoms with Gasteiger partial charge in [-0.2, -0.15) is 0 Å². The van der Waals surface area contributed by atoms with Crippen molar-refractivity contribution >= 4 is 45.9 Å². The van der Waals surface area contributed by atoms with Crippen LogP contribution >= 0.6 is 0 Å². The maximum atomic E-state index is 4.56. The van der Waals surface area contributed by atoms with Crippen molar-refractivity contribution in [2.45, 2.75) is 0 Å². The fourth-order valence-electron chi connectivity index (χ4n) is 2.66. The summed E-state index contributed by atoms with van der Waals surface area (Å²) in [5, 5.41) is 2.41. The van der Waals surface area contributed by atoms with Crippen LogP contribution in [-0.4, -0.2) is 25.2 Å². The van der Waals surface area contributed by atoms with Crippen molar-refractivity contribution in [2.24, 2.45) is 0 Å². The molecule has 0 aliphatic rings. The van der Waals surface area contributed by atoms with Gasteiger partial charge >= 0.3 is 129 Å². The first-order valence-electron chi connectivity index (χ1n) is 6.94. The summed E-state index contributed by atoms with van der Waals surface area (Å²) in [7, 11) is 0. The third kappa shape index (κ3) is 2.31. The van der Waals surface area contributed by atoms with Crippen molar-refractivity contribution in [3.8, 4) is 0 Å². The van der Waals surface area contributed by atoms with Gasteiger partial charge in [0, 0.05) is 0 Å². The number of fused-ring (bicyclic) bond motifs is 2. The molecule has 0 amide bonds. The number of benzene rings is 2. The second-order valence-corrected chi connectivity index (χ2v) is 6.52. The molecule has 0 unspecified atom stereocenters. The summed E-state index contributed by atoms with van der Waals surface area (Å²) < 4.78 is 2.65. The van der Waals surface area contributed by atoms with E-state index in [2.05, 4.69) is 58.5 Å². The van der Waals surface area contributed by atoms with E-state index in [-0.39, 0.29) is 15.2 Å². The van der Waals surface area contributed by atoms with Gasteiger partial charge in [-0.25, -0.2) is 0 Å². The van der Waals surface area contributed by atoms with Crippen LogP contribution in [0.1, 0.15) is 0 Å². The predicted octanol–water partition coefficient (Wildman–Crippen LogP) is 2.44. The molecule has 0 fully saturated rings. The number of rotatable bonds is 2. The van der Waals surface area contributed by atoms with Gasteiger partial charge < -0.3 is 0 Å². The number of hydrogen-bond donors (Lipinski definition) is 0.